The van der Waals surface area contributed by atoms with Gasteiger partial charge in [-0.2, -0.15) is 0 Å². The zero-order valence-corrected chi connectivity index (χ0v) is 17.5. The number of nitrogens with one attached hydrogen (secondary N) is 2. The van der Waals surface area contributed by atoms with E-state index in [1.54, 1.807) is 34.7 Å². The molecule has 1 aliphatic heterocycles. The van der Waals surface area contributed by atoms with E-state index in [0.717, 1.165) is 4.90 Å². The van der Waals surface area contributed by atoms with Crippen molar-refractivity contribution in [2.45, 2.75) is 72.7 Å². The minimum atomic E-state index is -1.27. The van der Waals surface area contributed by atoms with E-state index in [0.29, 0.717) is 0 Å². The molecule has 1 saturated heterocycles. The number of hydrogen-bond acceptors (Lipinski definition) is 6. The number of aliphatic hydroxyl groups is 1. The van der Waals surface area contributed by atoms with Gasteiger partial charge in [0.1, 0.15) is 11.5 Å². The van der Waals surface area contributed by atoms with Crippen LogP contribution in [0.15, 0.2) is 0 Å². The second-order valence-corrected chi connectivity index (χ2v) is 8.28. The molecule has 0 radical (unpaired) electrons. The Balaban J connectivity index is 3.00. The maximum absolute atomic E-state index is 13.0. The topological polar surface area (TPSA) is 116 Å². The lowest BCUT2D eigenvalue weighted by atomic mass is 9.85. The Morgan fingerprint density at radius 1 is 1.11 bits per heavy atom. The maximum Gasteiger partial charge on any atom is 0.243 e. The molecule has 0 unspecified atom stereocenters. The lowest BCUT2D eigenvalue weighted by molar-refractivity contribution is -0.152. The normalized spacial score (nSPS) is 23.9. The number of amides is 3. The first kappa shape index (κ1) is 23.2. The summed E-state index contributed by atoms with van der Waals surface area (Å²) in [6, 6.07) is -2.00. The molecule has 0 aromatic rings. The summed E-state index contributed by atoms with van der Waals surface area (Å²) in [5.74, 6) is -2.94. The fourth-order valence-corrected chi connectivity index (χ4v) is 3.22. The standard InChI is InChI=1S/C19H33N3O5/c1-9(2)13-15(24)19(6,7)18(27)22(13)17(26)10(3)14(23)11(4)21-16(25)12(5)20-8/h9-14,20,23H,1-8H3,(H,21,25)/t10-,11+,12+,13-,14+/m1/s1. The number of likely N-dealkylation sites (tertiary alicyclic amines) is 1. The molecule has 1 aliphatic rings. The third-order valence-electron chi connectivity index (χ3n) is 5.40. The van der Waals surface area contributed by atoms with Crippen molar-refractivity contribution >= 4 is 23.5 Å². The fraction of sp³-hybridized carbons (Fsp3) is 0.789. The Hall–Kier alpha value is -1.80. The summed E-state index contributed by atoms with van der Waals surface area (Å²) in [5.41, 5.74) is -1.27. The van der Waals surface area contributed by atoms with Gasteiger partial charge in [0.15, 0.2) is 5.78 Å². The van der Waals surface area contributed by atoms with E-state index < -0.39 is 47.4 Å². The van der Waals surface area contributed by atoms with Gasteiger partial charge < -0.3 is 15.7 Å². The maximum atomic E-state index is 13.0. The summed E-state index contributed by atoms with van der Waals surface area (Å²) in [5, 5.41) is 16.0. The second kappa shape index (κ2) is 8.48. The van der Waals surface area contributed by atoms with Gasteiger partial charge in [-0.15, -0.1) is 0 Å². The highest BCUT2D eigenvalue weighted by Gasteiger charge is 2.57. The molecule has 27 heavy (non-hydrogen) atoms. The Bertz CT molecular complexity index is 616. The van der Waals surface area contributed by atoms with E-state index in [1.807, 2.05) is 0 Å². The summed E-state index contributed by atoms with van der Waals surface area (Å²) in [6.45, 7) is 11.4. The quantitative estimate of drug-likeness (QED) is 0.537. The molecule has 3 amide bonds. The number of nitrogens with zero attached hydrogens (tertiary/aromatic N) is 1. The lowest BCUT2D eigenvalue weighted by Gasteiger charge is -2.31. The van der Waals surface area contributed by atoms with Gasteiger partial charge >= 0.3 is 0 Å². The van der Waals surface area contributed by atoms with Crippen LogP contribution in [0.5, 0.6) is 0 Å². The number of hydrogen-bond donors (Lipinski definition) is 3. The van der Waals surface area contributed by atoms with Gasteiger partial charge in [0, 0.05) is 0 Å². The molecule has 8 nitrogen and oxygen atoms in total. The predicted molar refractivity (Wildman–Crippen MR) is 101 cm³/mol. The Labute approximate surface area is 161 Å². The minimum Gasteiger partial charge on any atom is -0.390 e. The molecular weight excluding hydrogens is 350 g/mol. The number of carbonyl (C=O) groups excluding carboxylic acids is 4. The van der Waals surface area contributed by atoms with Crippen molar-refractivity contribution in [2.75, 3.05) is 7.05 Å². The Morgan fingerprint density at radius 2 is 1.63 bits per heavy atom. The SMILES string of the molecule is CN[C@@H](C)C(=O)N[C@@H](C)[C@@H](O)[C@@H](C)C(=O)N1C(=O)C(C)(C)C(=O)[C@H]1C(C)C. The molecule has 0 aromatic carbocycles. The molecule has 3 N–H and O–H groups in total. The molecular formula is C19H33N3O5. The third-order valence-corrected chi connectivity index (χ3v) is 5.40. The second-order valence-electron chi connectivity index (χ2n) is 8.28. The molecule has 8 heteroatoms. The van der Waals surface area contributed by atoms with E-state index in [9.17, 15) is 24.3 Å². The molecule has 5 atom stereocenters. The van der Waals surface area contributed by atoms with Crippen molar-refractivity contribution in [3.05, 3.63) is 0 Å². The monoisotopic (exact) mass is 383 g/mol. The number of rotatable bonds is 7. The summed E-state index contributed by atoms with van der Waals surface area (Å²) >= 11 is 0. The van der Waals surface area contributed by atoms with E-state index >= 15 is 0 Å². The third kappa shape index (κ3) is 4.38. The number of aliphatic hydroxyl groups excluding tert-OH is 1. The molecule has 0 bridgehead atoms. The Kier molecular flexibility index (Phi) is 7.30. The molecule has 0 aliphatic carbocycles. The smallest absolute Gasteiger partial charge is 0.243 e. The van der Waals surface area contributed by atoms with E-state index in [1.165, 1.54) is 20.8 Å². The first-order valence-electron chi connectivity index (χ1n) is 9.36. The van der Waals surface area contributed by atoms with Gasteiger partial charge in [-0.05, 0) is 40.7 Å². The van der Waals surface area contributed by atoms with E-state index in [2.05, 4.69) is 10.6 Å². The van der Waals surface area contributed by atoms with Crippen LogP contribution in [-0.2, 0) is 19.2 Å². The molecule has 1 fully saturated rings. The van der Waals surface area contributed by atoms with Crippen LogP contribution in [-0.4, -0.2) is 64.8 Å². The minimum absolute atomic E-state index is 0.231. The molecule has 1 rings (SSSR count). The lowest BCUT2D eigenvalue weighted by Crippen LogP contribution is -2.54. The van der Waals surface area contributed by atoms with Gasteiger partial charge in [0.2, 0.25) is 17.7 Å². The fourth-order valence-electron chi connectivity index (χ4n) is 3.22. The van der Waals surface area contributed by atoms with Crippen LogP contribution in [0.2, 0.25) is 0 Å². The van der Waals surface area contributed by atoms with Crippen LogP contribution in [0.25, 0.3) is 0 Å². The molecule has 0 saturated carbocycles. The molecule has 154 valence electrons. The number of ketones is 1. The van der Waals surface area contributed by atoms with Crippen LogP contribution >= 0.6 is 0 Å². The van der Waals surface area contributed by atoms with Crippen molar-refractivity contribution < 1.29 is 24.3 Å². The zero-order valence-electron chi connectivity index (χ0n) is 17.5. The van der Waals surface area contributed by atoms with Crippen molar-refractivity contribution in [2.24, 2.45) is 17.3 Å². The first-order chi connectivity index (χ1) is 12.3. The van der Waals surface area contributed by atoms with Crippen molar-refractivity contribution in [1.82, 2.24) is 15.5 Å². The van der Waals surface area contributed by atoms with Crippen molar-refractivity contribution in [1.29, 1.82) is 0 Å². The van der Waals surface area contributed by atoms with Gasteiger partial charge in [0.25, 0.3) is 0 Å². The summed E-state index contributed by atoms with van der Waals surface area (Å²) in [7, 11) is 1.64. The summed E-state index contributed by atoms with van der Waals surface area (Å²) in [4.78, 5) is 51.3. The highest BCUT2D eigenvalue weighted by Crippen LogP contribution is 2.36. The summed E-state index contributed by atoms with van der Waals surface area (Å²) < 4.78 is 0. The van der Waals surface area contributed by atoms with Crippen LogP contribution in [0.4, 0.5) is 0 Å². The van der Waals surface area contributed by atoms with Crippen LogP contribution in [0.1, 0.15) is 48.5 Å². The average molecular weight is 383 g/mol. The van der Waals surface area contributed by atoms with Gasteiger partial charge in [-0.1, -0.05) is 20.8 Å². The van der Waals surface area contributed by atoms with Crippen LogP contribution in [0.3, 0.4) is 0 Å². The highest BCUT2D eigenvalue weighted by molar-refractivity contribution is 6.19. The Morgan fingerprint density at radius 3 is 2.07 bits per heavy atom. The van der Waals surface area contributed by atoms with Crippen molar-refractivity contribution in [3.8, 4) is 0 Å². The highest BCUT2D eigenvalue weighted by atomic mass is 16.3. The van der Waals surface area contributed by atoms with Gasteiger partial charge in [-0.3, -0.25) is 24.1 Å². The molecule has 0 aromatic heterocycles. The number of imide groups is 1. The van der Waals surface area contributed by atoms with Crippen LogP contribution < -0.4 is 10.6 Å². The van der Waals surface area contributed by atoms with Gasteiger partial charge in [0.05, 0.1) is 24.1 Å². The number of Topliss-reactive ketones (excluding diaryl/α,β-unsaturated/α-hetero) is 1. The van der Waals surface area contributed by atoms with Crippen LogP contribution in [0, 0.1) is 17.3 Å². The molecule has 0 spiro atoms. The van der Waals surface area contributed by atoms with Crippen molar-refractivity contribution in [3.63, 3.8) is 0 Å². The predicted octanol–water partition coefficient (Wildman–Crippen LogP) is 0.0847. The van der Waals surface area contributed by atoms with E-state index in [4.69, 9.17) is 0 Å². The largest absolute Gasteiger partial charge is 0.390 e. The van der Waals surface area contributed by atoms with Gasteiger partial charge in [-0.25, -0.2) is 0 Å². The molecule has 1 heterocycles. The van der Waals surface area contributed by atoms with E-state index in [-0.39, 0.29) is 17.6 Å². The average Bonchev–Trinajstić information content (AvgIpc) is 2.78. The summed E-state index contributed by atoms with van der Waals surface area (Å²) in [6.07, 6.45) is -1.20. The first-order valence-corrected chi connectivity index (χ1v) is 9.36. The number of likely N-dealkylation sites (N-methyl/N-ethyl adjacent to an activating group) is 1. The zero-order chi connectivity index (χ0) is 21.3. The number of carbonyl (C=O) groups is 4.